The van der Waals surface area contributed by atoms with Crippen LogP contribution < -0.4 is 5.43 Å². The van der Waals surface area contributed by atoms with E-state index in [2.05, 4.69) is 15.5 Å². The van der Waals surface area contributed by atoms with Crippen molar-refractivity contribution in [3.63, 3.8) is 0 Å². The van der Waals surface area contributed by atoms with Crippen LogP contribution in [0.25, 0.3) is 10.9 Å². The Labute approximate surface area is 180 Å². The SMILES string of the molecule is O=[N+]([O-])c1cccc(Cn2cc(/C=N\Nc3ccc(C(F)(F)F)cn3)c3ccccc32)c1. The summed E-state index contributed by atoms with van der Waals surface area (Å²) in [6, 6.07) is 16.2. The van der Waals surface area contributed by atoms with Crippen molar-refractivity contribution in [2.45, 2.75) is 12.7 Å². The number of pyridine rings is 1. The Morgan fingerprint density at radius 3 is 2.66 bits per heavy atom. The van der Waals surface area contributed by atoms with E-state index in [0.29, 0.717) is 6.54 Å². The molecule has 0 spiro atoms. The van der Waals surface area contributed by atoms with Gasteiger partial charge in [0.1, 0.15) is 5.82 Å². The van der Waals surface area contributed by atoms with Gasteiger partial charge in [-0.15, -0.1) is 0 Å². The fourth-order valence-corrected chi connectivity index (χ4v) is 3.27. The summed E-state index contributed by atoms with van der Waals surface area (Å²) < 4.78 is 39.9. The van der Waals surface area contributed by atoms with E-state index in [4.69, 9.17) is 0 Å². The lowest BCUT2D eigenvalue weighted by Gasteiger charge is -2.06. The molecule has 4 rings (SSSR count). The van der Waals surface area contributed by atoms with Crippen LogP contribution in [0.15, 0.2) is 78.2 Å². The zero-order valence-electron chi connectivity index (χ0n) is 16.5. The third-order valence-corrected chi connectivity index (χ3v) is 4.77. The van der Waals surface area contributed by atoms with Gasteiger partial charge in [0.05, 0.1) is 16.7 Å². The number of rotatable bonds is 6. The van der Waals surface area contributed by atoms with Crippen LogP contribution >= 0.6 is 0 Å². The van der Waals surface area contributed by atoms with Gasteiger partial charge in [0, 0.05) is 47.5 Å². The molecule has 0 amide bonds. The number of nitrogens with zero attached hydrogens (tertiary/aromatic N) is 4. The largest absolute Gasteiger partial charge is 0.417 e. The van der Waals surface area contributed by atoms with Gasteiger partial charge in [-0.2, -0.15) is 18.3 Å². The fraction of sp³-hybridized carbons (Fsp3) is 0.0909. The van der Waals surface area contributed by atoms with Gasteiger partial charge in [-0.25, -0.2) is 4.98 Å². The molecule has 2 heterocycles. The first kappa shape index (κ1) is 21.0. The Hall–Kier alpha value is -4.21. The highest BCUT2D eigenvalue weighted by atomic mass is 19.4. The second-order valence-corrected chi connectivity index (χ2v) is 6.96. The molecule has 2 aromatic heterocycles. The highest BCUT2D eigenvalue weighted by Crippen LogP contribution is 2.29. The smallest absolute Gasteiger partial charge is 0.342 e. The first-order chi connectivity index (χ1) is 15.3. The molecule has 162 valence electrons. The number of aromatic nitrogens is 2. The Balaban J connectivity index is 1.56. The minimum Gasteiger partial charge on any atom is -0.342 e. The van der Waals surface area contributed by atoms with Crippen LogP contribution in [-0.2, 0) is 12.7 Å². The molecular formula is C22H16F3N5O2. The number of hydrazone groups is 1. The monoisotopic (exact) mass is 439 g/mol. The van der Waals surface area contributed by atoms with Crippen molar-refractivity contribution in [1.82, 2.24) is 9.55 Å². The number of benzene rings is 2. The lowest BCUT2D eigenvalue weighted by atomic mass is 10.2. The molecule has 2 aromatic carbocycles. The summed E-state index contributed by atoms with van der Waals surface area (Å²) in [4.78, 5) is 14.3. The molecule has 4 aromatic rings. The lowest BCUT2D eigenvalue weighted by Crippen LogP contribution is -2.05. The molecule has 7 nitrogen and oxygen atoms in total. The zero-order chi connectivity index (χ0) is 22.7. The predicted molar refractivity (Wildman–Crippen MR) is 115 cm³/mol. The van der Waals surface area contributed by atoms with Crippen LogP contribution in [0.4, 0.5) is 24.7 Å². The van der Waals surface area contributed by atoms with Crippen molar-refractivity contribution >= 4 is 28.6 Å². The van der Waals surface area contributed by atoms with E-state index in [9.17, 15) is 23.3 Å². The van der Waals surface area contributed by atoms with Crippen molar-refractivity contribution in [2.75, 3.05) is 5.43 Å². The molecule has 0 aliphatic carbocycles. The van der Waals surface area contributed by atoms with E-state index in [-0.39, 0.29) is 11.5 Å². The van der Waals surface area contributed by atoms with E-state index in [1.165, 1.54) is 18.2 Å². The Kier molecular flexibility index (Phi) is 5.59. The number of nitrogens with one attached hydrogen (secondary N) is 1. The minimum atomic E-state index is -4.45. The third kappa shape index (κ3) is 4.59. The van der Waals surface area contributed by atoms with Crippen LogP contribution in [0, 0.1) is 10.1 Å². The van der Waals surface area contributed by atoms with E-state index in [1.54, 1.807) is 12.3 Å². The van der Waals surface area contributed by atoms with Crippen molar-refractivity contribution in [1.29, 1.82) is 0 Å². The Morgan fingerprint density at radius 1 is 1.12 bits per heavy atom. The number of nitro groups is 1. The summed E-state index contributed by atoms with van der Waals surface area (Å²) in [5, 5.41) is 16.0. The molecule has 10 heteroatoms. The van der Waals surface area contributed by atoms with Gasteiger partial charge in [-0.05, 0) is 23.8 Å². The summed E-state index contributed by atoms with van der Waals surface area (Å²) in [6.45, 7) is 0.421. The van der Waals surface area contributed by atoms with Gasteiger partial charge in [-0.3, -0.25) is 15.5 Å². The van der Waals surface area contributed by atoms with Crippen molar-refractivity contribution in [3.05, 3.63) is 99.9 Å². The molecule has 1 N–H and O–H groups in total. The molecule has 0 saturated heterocycles. The number of para-hydroxylation sites is 1. The average molecular weight is 439 g/mol. The van der Waals surface area contributed by atoms with Crippen LogP contribution in [0.2, 0.25) is 0 Å². The van der Waals surface area contributed by atoms with E-state index in [0.717, 1.165) is 34.3 Å². The summed E-state index contributed by atoms with van der Waals surface area (Å²) in [6.07, 6.45) is -0.306. The van der Waals surface area contributed by atoms with Crippen LogP contribution in [0.5, 0.6) is 0 Å². The number of non-ortho nitro benzene ring substituents is 1. The third-order valence-electron chi connectivity index (χ3n) is 4.77. The molecule has 0 aliphatic rings. The Bertz CT molecular complexity index is 1300. The average Bonchev–Trinajstić information content (AvgIpc) is 3.11. The topological polar surface area (TPSA) is 85.3 Å². The molecular weight excluding hydrogens is 423 g/mol. The molecule has 0 bridgehead atoms. The highest BCUT2D eigenvalue weighted by Gasteiger charge is 2.30. The molecule has 0 radical (unpaired) electrons. The standard InChI is InChI=1S/C22H16F3N5O2/c23-22(24,25)17-8-9-21(26-12-17)28-27-11-16-14-29(20-7-2-1-6-19(16)20)13-15-4-3-5-18(10-15)30(31)32/h1-12,14H,13H2,(H,26,28)/b27-11-. The highest BCUT2D eigenvalue weighted by molar-refractivity contribution is 5.99. The number of nitro benzene ring substituents is 1. The van der Waals surface area contributed by atoms with Crippen LogP contribution in [0.1, 0.15) is 16.7 Å². The van der Waals surface area contributed by atoms with Crippen LogP contribution in [0.3, 0.4) is 0 Å². The number of anilines is 1. The number of fused-ring (bicyclic) bond motifs is 1. The number of hydrogen-bond acceptors (Lipinski definition) is 5. The second kappa shape index (κ2) is 8.50. The number of halogens is 3. The number of alkyl halides is 3. The summed E-state index contributed by atoms with van der Waals surface area (Å²) in [7, 11) is 0. The fourth-order valence-electron chi connectivity index (χ4n) is 3.27. The van der Waals surface area contributed by atoms with Gasteiger partial charge >= 0.3 is 6.18 Å². The maximum absolute atomic E-state index is 12.6. The minimum absolute atomic E-state index is 0.0222. The maximum atomic E-state index is 12.6. The maximum Gasteiger partial charge on any atom is 0.417 e. The van der Waals surface area contributed by atoms with Gasteiger partial charge in [-0.1, -0.05) is 30.3 Å². The quantitative estimate of drug-likeness (QED) is 0.246. The number of hydrogen-bond donors (Lipinski definition) is 1. The Morgan fingerprint density at radius 2 is 1.94 bits per heavy atom. The summed E-state index contributed by atoms with van der Waals surface area (Å²) in [5.74, 6) is 0.176. The molecule has 0 unspecified atom stereocenters. The first-order valence-electron chi connectivity index (χ1n) is 9.45. The van der Waals surface area contributed by atoms with Gasteiger partial charge in [0.2, 0.25) is 0 Å². The van der Waals surface area contributed by atoms with Gasteiger partial charge in [0.25, 0.3) is 5.69 Å². The normalized spacial score (nSPS) is 11.8. The zero-order valence-corrected chi connectivity index (χ0v) is 16.5. The van der Waals surface area contributed by atoms with Gasteiger partial charge < -0.3 is 4.57 Å². The van der Waals surface area contributed by atoms with Crippen LogP contribution in [-0.4, -0.2) is 20.7 Å². The van der Waals surface area contributed by atoms with Crippen molar-refractivity contribution in [3.8, 4) is 0 Å². The van der Waals surface area contributed by atoms with E-state index in [1.807, 2.05) is 41.1 Å². The molecule has 0 fully saturated rings. The molecule has 0 aliphatic heterocycles. The summed E-state index contributed by atoms with van der Waals surface area (Å²) >= 11 is 0. The second-order valence-electron chi connectivity index (χ2n) is 6.96. The van der Waals surface area contributed by atoms with E-state index < -0.39 is 16.7 Å². The predicted octanol–water partition coefficient (Wildman–Crippen LogP) is 5.46. The van der Waals surface area contributed by atoms with Crippen molar-refractivity contribution < 1.29 is 18.1 Å². The molecule has 0 saturated carbocycles. The summed E-state index contributed by atoms with van der Waals surface area (Å²) in [5.41, 5.74) is 4.26. The lowest BCUT2D eigenvalue weighted by molar-refractivity contribution is -0.384. The first-order valence-corrected chi connectivity index (χ1v) is 9.45. The molecule has 32 heavy (non-hydrogen) atoms. The molecule has 0 atom stereocenters. The van der Waals surface area contributed by atoms with Crippen molar-refractivity contribution in [2.24, 2.45) is 5.10 Å². The van der Waals surface area contributed by atoms with Gasteiger partial charge in [0.15, 0.2) is 0 Å². The van der Waals surface area contributed by atoms with E-state index >= 15 is 0 Å².